The van der Waals surface area contributed by atoms with Crippen molar-refractivity contribution in [3.05, 3.63) is 41.6 Å². The van der Waals surface area contributed by atoms with E-state index in [1.165, 1.54) is 11.8 Å². The third-order valence-electron chi connectivity index (χ3n) is 5.37. The quantitative estimate of drug-likeness (QED) is 0.153. The third kappa shape index (κ3) is 6.96. The maximum Gasteiger partial charge on any atom is 0.311 e. The molecule has 10 nitrogen and oxygen atoms in total. The predicted octanol–water partition coefficient (Wildman–Crippen LogP) is 2.83. The summed E-state index contributed by atoms with van der Waals surface area (Å²) in [6, 6.07) is 3.80. The molecular formula is C23H25F2N9OS. The van der Waals surface area contributed by atoms with E-state index < -0.39 is 17.8 Å². The van der Waals surface area contributed by atoms with E-state index in [1.54, 1.807) is 0 Å². The largest absolute Gasteiger partial charge is 0.354 e. The molecule has 0 amide bonds. The molecule has 2 N–H and O–H groups in total. The minimum absolute atomic E-state index is 0.0177. The number of nitrogens with zero attached hydrogens (tertiary/aromatic N) is 7. The highest BCUT2D eigenvalue weighted by Crippen LogP contribution is 2.24. The minimum Gasteiger partial charge on any atom is -0.354 e. The Bertz CT molecular complexity index is 1280. The number of ketones is 1. The van der Waals surface area contributed by atoms with Gasteiger partial charge in [0.15, 0.2) is 16.8 Å². The van der Waals surface area contributed by atoms with Crippen molar-refractivity contribution in [3.8, 4) is 11.8 Å². The van der Waals surface area contributed by atoms with Gasteiger partial charge in [0.1, 0.15) is 11.6 Å². The van der Waals surface area contributed by atoms with Crippen molar-refractivity contribution in [2.75, 3.05) is 49.2 Å². The summed E-state index contributed by atoms with van der Waals surface area (Å²) in [7, 11) is 2.10. The Morgan fingerprint density at radius 3 is 2.67 bits per heavy atom. The van der Waals surface area contributed by atoms with E-state index in [4.69, 9.17) is 4.98 Å². The summed E-state index contributed by atoms with van der Waals surface area (Å²) in [5, 5.41) is 10.9. The van der Waals surface area contributed by atoms with Gasteiger partial charge in [-0.25, -0.2) is 15.0 Å². The maximum absolute atomic E-state index is 13.6. The van der Waals surface area contributed by atoms with Gasteiger partial charge in [0.05, 0.1) is 11.3 Å². The average molecular weight is 514 g/mol. The summed E-state index contributed by atoms with van der Waals surface area (Å²) < 4.78 is 26.4. The lowest BCUT2D eigenvalue weighted by Gasteiger charge is -2.33. The van der Waals surface area contributed by atoms with E-state index in [0.717, 1.165) is 43.9 Å². The molecule has 4 heterocycles. The van der Waals surface area contributed by atoms with E-state index in [2.05, 4.69) is 59.2 Å². The number of thioether (sulfide) groups is 1. The van der Waals surface area contributed by atoms with E-state index in [-0.39, 0.29) is 18.4 Å². The van der Waals surface area contributed by atoms with Gasteiger partial charge in [-0.15, -0.1) is 5.92 Å². The van der Waals surface area contributed by atoms with Gasteiger partial charge in [-0.05, 0) is 14.0 Å². The molecule has 188 valence electrons. The van der Waals surface area contributed by atoms with E-state index in [9.17, 15) is 13.6 Å². The molecule has 3 aromatic rings. The van der Waals surface area contributed by atoms with Crippen LogP contribution in [0.25, 0.3) is 0 Å². The monoisotopic (exact) mass is 513 g/mol. The molecule has 1 aliphatic rings. The van der Waals surface area contributed by atoms with Crippen molar-refractivity contribution in [3.63, 3.8) is 0 Å². The summed E-state index contributed by atoms with van der Waals surface area (Å²) in [4.78, 5) is 32.0. The molecule has 0 spiro atoms. The molecule has 0 radical (unpaired) electrons. The number of carbonyl (C=O) groups is 1. The van der Waals surface area contributed by atoms with Crippen LogP contribution in [0.3, 0.4) is 0 Å². The molecular weight excluding hydrogens is 488 g/mol. The average Bonchev–Trinajstić information content (AvgIpc) is 3.25. The fraction of sp³-hybridized carbons (Fsp3) is 0.391. The highest BCUT2D eigenvalue weighted by Gasteiger charge is 2.18. The first kappa shape index (κ1) is 25.5. The van der Waals surface area contributed by atoms with Crippen molar-refractivity contribution in [1.29, 1.82) is 0 Å². The molecule has 0 saturated carbocycles. The number of hydrogen-bond acceptors (Lipinski definition) is 10. The molecule has 0 aliphatic carbocycles. The molecule has 13 heteroatoms. The van der Waals surface area contributed by atoms with Crippen LogP contribution in [-0.2, 0) is 0 Å². The van der Waals surface area contributed by atoms with Gasteiger partial charge in [0.2, 0.25) is 5.95 Å². The number of piperazine rings is 1. The highest BCUT2D eigenvalue weighted by molar-refractivity contribution is 7.99. The van der Waals surface area contributed by atoms with Crippen LogP contribution in [0, 0.1) is 30.8 Å². The van der Waals surface area contributed by atoms with Gasteiger partial charge < -0.3 is 15.1 Å². The number of hydrogen-bond donors (Lipinski definition) is 2. The molecule has 0 bridgehead atoms. The first-order valence-electron chi connectivity index (χ1n) is 11.3. The van der Waals surface area contributed by atoms with Crippen LogP contribution in [0.5, 0.6) is 0 Å². The summed E-state index contributed by atoms with van der Waals surface area (Å²) in [6.45, 7) is 5.56. The van der Waals surface area contributed by atoms with Crippen molar-refractivity contribution in [2.24, 2.45) is 0 Å². The standard InChI is InChI=1S/C23H25F2N9OS/c1-15-12-19(32-31-15)27-18-13-20(34-9-7-33(2)8-10-34)29-23(28-18)36-11-5-3-4-6-17(35)16-14-26-22(25)30-21(16)24/h12-14H,4,6-11H2,1-2H3,(H2,27,28,29,31,32). The number of aromatic amines is 1. The number of likely N-dealkylation sites (N-methyl/N-ethyl adjacent to an activating group) is 1. The molecule has 36 heavy (non-hydrogen) atoms. The normalized spacial score (nSPS) is 13.8. The second kappa shape index (κ2) is 11.9. The van der Waals surface area contributed by atoms with Crippen molar-refractivity contribution in [2.45, 2.75) is 24.9 Å². The fourth-order valence-corrected chi connectivity index (χ4v) is 4.06. The van der Waals surface area contributed by atoms with Gasteiger partial charge in [0, 0.05) is 63.0 Å². The fourth-order valence-electron chi connectivity index (χ4n) is 3.43. The Labute approximate surface area is 211 Å². The Balaban J connectivity index is 1.37. The molecule has 0 aromatic carbocycles. The highest BCUT2D eigenvalue weighted by atomic mass is 32.2. The van der Waals surface area contributed by atoms with Gasteiger partial charge in [0.25, 0.3) is 0 Å². The summed E-state index contributed by atoms with van der Waals surface area (Å²) in [5.41, 5.74) is 0.595. The lowest BCUT2D eigenvalue weighted by molar-refractivity contribution is 0.0978. The Morgan fingerprint density at radius 1 is 1.14 bits per heavy atom. The zero-order valence-electron chi connectivity index (χ0n) is 19.9. The molecule has 1 saturated heterocycles. The van der Waals surface area contributed by atoms with Crippen LogP contribution < -0.4 is 10.2 Å². The number of rotatable bonds is 8. The number of carbonyl (C=O) groups excluding carboxylic acids is 1. The van der Waals surface area contributed by atoms with Crippen molar-refractivity contribution in [1.82, 2.24) is 35.0 Å². The first-order valence-corrected chi connectivity index (χ1v) is 12.3. The maximum atomic E-state index is 13.6. The molecule has 1 fully saturated rings. The van der Waals surface area contributed by atoms with Crippen molar-refractivity contribution >= 4 is 35.0 Å². The molecule has 4 rings (SSSR count). The number of aryl methyl sites for hydroxylation is 1. The second-order valence-corrected chi connectivity index (χ2v) is 9.10. The molecule has 0 atom stereocenters. The lowest BCUT2D eigenvalue weighted by Crippen LogP contribution is -2.44. The van der Waals surface area contributed by atoms with Crippen LogP contribution in [0.1, 0.15) is 28.9 Å². The molecule has 3 aromatic heterocycles. The zero-order valence-corrected chi connectivity index (χ0v) is 20.7. The number of nitrogens with one attached hydrogen (secondary N) is 2. The van der Waals surface area contributed by atoms with Gasteiger partial charge in [-0.2, -0.15) is 18.9 Å². The Hall–Kier alpha value is -3.63. The van der Waals surface area contributed by atoms with Crippen LogP contribution in [-0.4, -0.2) is 79.8 Å². The lowest BCUT2D eigenvalue weighted by atomic mass is 10.1. The predicted molar refractivity (Wildman–Crippen MR) is 132 cm³/mol. The summed E-state index contributed by atoms with van der Waals surface area (Å²) >= 11 is 1.38. The smallest absolute Gasteiger partial charge is 0.311 e. The van der Waals surface area contributed by atoms with Crippen LogP contribution >= 0.6 is 11.8 Å². The molecule has 1 aliphatic heterocycles. The summed E-state index contributed by atoms with van der Waals surface area (Å²) in [5.74, 6) is 6.73. The number of aromatic nitrogens is 6. The number of H-pyrrole nitrogens is 1. The van der Waals surface area contributed by atoms with Crippen LogP contribution in [0.15, 0.2) is 23.5 Å². The Morgan fingerprint density at radius 2 is 1.94 bits per heavy atom. The zero-order chi connectivity index (χ0) is 25.5. The number of halogens is 2. The first-order chi connectivity index (χ1) is 17.4. The molecule has 0 unspecified atom stereocenters. The van der Waals surface area contributed by atoms with Crippen LogP contribution in [0.2, 0.25) is 0 Å². The number of Topliss-reactive ketones (excluding diaryl/α,β-unsaturated/α-hetero) is 1. The van der Waals surface area contributed by atoms with Crippen molar-refractivity contribution < 1.29 is 13.6 Å². The Kier molecular flexibility index (Phi) is 8.40. The van der Waals surface area contributed by atoms with Gasteiger partial charge >= 0.3 is 6.08 Å². The van der Waals surface area contributed by atoms with E-state index in [1.807, 2.05) is 19.1 Å². The second-order valence-electron chi connectivity index (χ2n) is 8.15. The van der Waals surface area contributed by atoms with Crippen LogP contribution in [0.4, 0.5) is 26.2 Å². The topological polar surface area (TPSA) is 116 Å². The third-order valence-corrected chi connectivity index (χ3v) is 6.10. The SMILES string of the molecule is Cc1cc(Nc2cc(N3CCN(C)CC3)nc(SCC#CCCC(=O)c3cnc(F)nc3F)n2)n[nH]1. The van der Waals surface area contributed by atoms with E-state index in [0.29, 0.717) is 22.5 Å². The summed E-state index contributed by atoms with van der Waals surface area (Å²) in [6.07, 6.45) is -0.151. The number of anilines is 3. The minimum atomic E-state index is -1.21. The van der Waals surface area contributed by atoms with Gasteiger partial charge in [-0.1, -0.05) is 17.7 Å². The van der Waals surface area contributed by atoms with Gasteiger partial charge in [-0.3, -0.25) is 9.89 Å². The van der Waals surface area contributed by atoms with E-state index >= 15 is 0 Å².